The van der Waals surface area contributed by atoms with Crippen LogP contribution in [0.2, 0.25) is 0 Å². The Morgan fingerprint density at radius 3 is 2.70 bits per heavy atom. The van der Waals surface area contributed by atoms with Gasteiger partial charge in [-0.3, -0.25) is 0 Å². The maximum absolute atomic E-state index is 4.61. The van der Waals surface area contributed by atoms with Crippen LogP contribution >= 0.6 is 11.3 Å². The van der Waals surface area contributed by atoms with Crippen LogP contribution in [0.25, 0.3) is 41.8 Å². The van der Waals surface area contributed by atoms with Gasteiger partial charge < -0.3 is 4.98 Å². The number of benzene rings is 3. The van der Waals surface area contributed by atoms with E-state index in [-0.39, 0.29) is 20.1 Å². The molecule has 0 saturated heterocycles. The zero-order valence-electron chi connectivity index (χ0n) is 10.3. The van der Waals surface area contributed by atoms with Crippen LogP contribution in [0.3, 0.4) is 0 Å². The van der Waals surface area contributed by atoms with Crippen molar-refractivity contribution < 1.29 is 20.1 Å². The van der Waals surface area contributed by atoms with Gasteiger partial charge in [0, 0.05) is 35.7 Å². The third-order valence-corrected chi connectivity index (χ3v) is 4.91. The van der Waals surface area contributed by atoms with Crippen molar-refractivity contribution in [2.24, 2.45) is 0 Å². The van der Waals surface area contributed by atoms with Crippen molar-refractivity contribution in [3.63, 3.8) is 0 Å². The number of thiophene rings is 1. The standard InChI is InChI=1S/C17H8NS.Ir/c1-2-5-12-10(4-1)11-6-3-7-13-15(11)16-14(19-13)8-9-18-17(12)16;/h1-4,6-9H;/q-1;. The maximum Gasteiger partial charge on any atom is 0.0345 e. The summed E-state index contributed by atoms with van der Waals surface area (Å²) < 4.78 is 2.66. The summed E-state index contributed by atoms with van der Waals surface area (Å²) in [4.78, 5) is 4.61. The van der Waals surface area contributed by atoms with Crippen molar-refractivity contribution >= 4 is 53.2 Å². The Hall–Kier alpha value is -1.54. The molecule has 0 aliphatic heterocycles. The summed E-state index contributed by atoms with van der Waals surface area (Å²) in [6.07, 6.45) is 1.91. The van der Waals surface area contributed by atoms with Crippen LogP contribution in [0.1, 0.15) is 0 Å². The van der Waals surface area contributed by atoms with Gasteiger partial charge in [0.2, 0.25) is 0 Å². The van der Waals surface area contributed by atoms with Gasteiger partial charge in [0.05, 0.1) is 0 Å². The molecule has 0 unspecified atom stereocenters. The van der Waals surface area contributed by atoms with Crippen LogP contribution in [-0.2, 0) is 20.1 Å². The summed E-state index contributed by atoms with van der Waals surface area (Å²) in [5.74, 6) is 0. The number of pyridine rings is 1. The number of aromatic nitrogens is 1. The van der Waals surface area contributed by atoms with Gasteiger partial charge in [-0.15, -0.1) is 41.0 Å². The Balaban J connectivity index is 0.00000106. The molecule has 1 nitrogen and oxygen atoms in total. The molecular formula is C17H8IrNS-. The zero-order chi connectivity index (χ0) is 12.4. The molecule has 0 aliphatic carbocycles. The summed E-state index contributed by atoms with van der Waals surface area (Å²) in [5.41, 5.74) is 1.08. The van der Waals surface area contributed by atoms with Gasteiger partial charge in [-0.05, 0) is 28.4 Å². The number of nitrogens with zero attached hydrogens (tertiary/aromatic N) is 1. The Bertz CT molecular complexity index is 980. The molecule has 0 saturated carbocycles. The molecule has 5 aromatic rings. The second kappa shape index (κ2) is 4.22. The van der Waals surface area contributed by atoms with Crippen molar-refractivity contribution in [3.8, 4) is 0 Å². The molecule has 0 N–H and O–H groups in total. The van der Waals surface area contributed by atoms with Gasteiger partial charge in [0.25, 0.3) is 0 Å². The maximum atomic E-state index is 4.61. The SMILES string of the molecule is [Ir].[c-]1cccc2c1c1nccc3sc4cccc2c4c31. The average Bonchev–Trinajstić information content (AvgIpc) is 2.86. The Kier molecular flexibility index (Phi) is 2.58. The number of rotatable bonds is 0. The van der Waals surface area contributed by atoms with E-state index in [1.165, 1.54) is 30.9 Å². The Morgan fingerprint density at radius 1 is 0.900 bits per heavy atom. The number of hydrogen-bond donors (Lipinski definition) is 0. The monoisotopic (exact) mass is 451 g/mol. The molecule has 3 heteroatoms. The minimum Gasteiger partial charge on any atom is -0.304 e. The molecule has 0 spiro atoms. The van der Waals surface area contributed by atoms with Crippen LogP contribution < -0.4 is 0 Å². The topological polar surface area (TPSA) is 12.9 Å². The van der Waals surface area contributed by atoms with E-state index in [1.54, 1.807) is 0 Å². The molecule has 0 amide bonds. The summed E-state index contributed by atoms with van der Waals surface area (Å²) in [6.45, 7) is 0. The van der Waals surface area contributed by atoms with Gasteiger partial charge >= 0.3 is 0 Å². The normalized spacial score (nSPS) is 11.6. The van der Waals surface area contributed by atoms with Gasteiger partial charge in [-0.1, -0.05) is 22.9 Å². The molecule has 20 heavy (non-hydrogen) atoms. The summed E-state index contributed by atoms with van der Waals surface area (Å²) in [5, 5.41) is 6.35. The molecule has 0 aliphatic rings. The van der Waals surface area contributed by atoms with Crippen molar-refractivity contribution in [1.82, 2.24) is 4.98 Å². The smallest absolute Gasteiger partial charge is 0.0345 e. The van der Waals surface area contributed by atoms with E-state index in [4.69, 9.17) is 0 Å². The first-order valence-electron chi connectivity index (χ1n) is 6.25. The van der Waals surface area contributed by atoms with Crippen molar-refractivity contribution in [2.45, 2.75) is 0 Å². The fraction of sp³-hybridized carbons (Fsp3) is 0. The van der Waals surface area contributed by atoms with E-state index in [0.717, 1.165) is 10.9 Å². The fourth-order valence-corrected chi connectivity index (χ4v) is 4.16. The van der Waals surface area contributed by atoms with Crippen LogP contribution in [0, 0.1) is 6.07 Å². The zero-order valence-corrected chi connectivity index (χ0v) is 13.5. The molecule has 97 valence electrons. The summed E-state index contributed by atoms with van der Waals surface area (Å²) >= 11 is 1.85. The minimum absolute atomic E-state index is 0. The van der Waals surface area contributed by atoms with Crippen LogP contribution in [0.5, 0.6) is 0 Å². The van der Waals surface area contributed by atoms with Gasteiger partial charge in [-0.25, -0.2) is 0 Å². The molecule has 5 rings (SSSR count). The second-order valence-corrected chi connectivity index (χ2v) is 5.86. The minimum atomic E-state index is 0. The van der Waals surface area contributed by atoms with Crippen LogP contribution in [0.4, 0.5) is 0 Å². The summed E-state index contributed by atoms with van der Waals surface area (Å²) in [6, 6.07) is 18.2. The third-order valence-electron chi connectivity index (χ3n) is 3.79. The van der Waals surface area contributed by atoms with E-state index < -0.39 is 0 Å². The van der Waals surface area contributed by atoms with E-state index in [1.807, 2.05) is 23.6 Å². The molecular weight excluding hydrogens is 442 g/mol. The number of hydrogen-bond acceptors (Lipinski definition) is 2. The fourth-order valence-electron chi connectivity index (χ4n) is 3.03. The van der Waals surface area contributed by atoms with Gasteiger partial charge in [0.1, 0.15) is 0 Å². The van der Waals surface area contributed by atoms with Crippen molar-refractivity contribution in [1.29, 1.82) is 0 Å². The Morgan fingerprint density at radius 2 is 1.75 bits per heavy atom. The molecule has 0 bridgehead atoms. The third kappa shape index (κ3) is 1.38. The van der Waals surface area contributed by atoms with E-state index in [0.29, 0.717) is 0 Å². The molecule has 0 atom stereocenters. The molecule has 3 aromatic carbocycles. The van der Waals surface area contributed by atoms with Crippen LogP contribution in [0.15, 0.2) is 48.7 Å². The van der Waals surface area contributed by atoms with Crippen molar-refractivity contribution in [2.75, 3.05) is 0 Å². The molecule has 2 aromatic heterocycles. The van der Waals surface area contributed by atoms with Gasteiger partial charge in [0.15, 0.2) is 0 Å². The molecule has 0 fully saturated rings. The largest absolute Gasteiger partial charge is 0.304 e. The van der Waals surface area contributed by atoms with Gasteiger partial charge in [-0.2, -0.15) is 0 Å². The first-order chi connectivity index (χ1) is 9.43. The quantitative estimate of drug-likeness (QED) is 0.239. The number of fused-ring (bicyclic) bond motifs is 3. The van der Waals surface area contributed by atoms with Crippen LogP contribution in [-0.4, -0.2) is 4.98 Å². The van der Waals surface area contributed by atoms with E-state index >= 15 is 0 Å². The Labute approximate surface area is 132 Å². The van der Waals surface area contributed by atoms with Crippen molar-refractivity contribution in [3.05, 3.63) is 54.7 Å². The average molecular weight is 451 g/mol. The second-order valence-electron chi connectivity index (χ2n) is 4.77. The van der Waals surface area contributed by atoms with E-state index in [2.05, 4.69) is 47.4 Å². The molecule has 1 radical (unpaired) electrons. The molecule has 2 heterocycles. The predicted molar refractivity (Wildman–Crippen MR) is 82.2 cm³/mol. The van der Waals surface area contributed by atoms with E-state index in [9.17, 15) is 0 Å². The first-order valence-corrected chi connectivity index (χ1v) is 7.07. The summed E-state index contributed by atoms with van der Waals surface area (Å²) in [7, 11) is 0. The predicted octanol–water partition coefficient (Wildman–Crippen LogP) is 4.99. The first kappa shape index (κ1) is 12.2.